The van der Waals surface area contributed by atoms with Gasteiger partial charge in [-0.1, -0.05) is 6.42 Å². The van der Waals surface area contributed by atoms with E-state index in [0.717, 1.165) is 31.2 Å². The maximum absolute atomic E-state index is 12.3. The third-order valence-corrected chi connectivity index (χ3v) is 5.75. The minimum atomic E-state index is -0.781. The number of rotatable bonds is 4. The third kappa shape index (κ3) is 2.24. The van der Waals surface area contributed by atoms with E-state index in [2.05, 4.69) is 5.32 Å². The lowest BCUT2D eigenvalue weighted by Gasteiger charge is -2.37. The Bertz CT molecular complexity index is 545. The van der Waals surface area contributed by atoms with E-state index in [-0.39, 0.29) is 12.5 Å². The largest absolute Gasteiger partial charge is 0.481 e. The standard InChI is InChI=1S/C15H19NO3S/c17-13(16-9-15(14(18)19)6-3-7-15)11-8-20-12-5-2-1-4-10(11)12/h8H,1-7,9H2,(H,16,17)(H,18,19). The Morgan fingerprint density at radius 1 is 1.25 bits per heavy atom. The molecule has 0 unspecified atom stereocenters. The molecule has 0 aliphatic heterocycles. The Kier molecular flexibility index (Phi) is 3.54. The van der Waals surface area contributed by atoms with Crippen LogP contribution in [0, 0.1) is 5.41 Å². The van der Waals surface area contributed by atoms with Gasteiger partial charge in [-0.05, 0) is 44.1 Å². The lowest BCUT2D eigenvalue weighted by atomic mass is 9.69. The van der Waals surface area contributed by atoms with Crippen molar-refractivity contribution < 1.29 is 14.7 Å². The lowest BCUT2D eigenvalue weighted by Crippen LogP contribution is -2.47. The number of amides is 1. The van der Waals surface area contributed by atoms with Crippen molar-refractivity contribution in [2.75, 3.05) is 6.54 Å². The van der Waals surface area contributed by atoms with Crippen molar-refractivity contribution in [3.63, 3.8) is 0 Å². The molecule has 1 heterocycles. The van der Waals surface area contributed by atoms with E-state index in [1.54, 1.807) is 11.3 Å². The summed E-state index contributed by atoms with van der Waals surface area (Å²) >= 11 is 1.66. The molecule has 5 heteroatoms. The molecule has 0 aromatic carbocycles. The average molecular weight is 293 g/mol. The summed E-state index contributed by atoms with van der Waals surface area (Å²) in [4.78, 5) is 24.9. The topological polar surface area (TPSA) is 66.4 Å². The molecule has 0 spiro atoms. The summed E-state index contributed by atoms with van der Waals surface area (Å²) in [6, 6.07) is 0. The van der Waals surface area contributed by atoms with Crippen LogP contribution >= 0.6 is 11.3 Å². The highest BCUT2D eigenvalue weighted by Gasteiger charge is 2.44. The SMILES string of the molecule is O=C(NCC1(C(=O)O)CCC1)c1csc2c1CCCC2. The number of carbonyl (C=O) groups is 2. The van der Waals surface area contributed by atoms with Gasteiger partial charge in [-0.3, -0.25) is 9.59 Å². The predicted molar refractivity (Wildman–Crippen MR) is 77.2 cm³/mol. The molecule has 1 saturated carbocycles. The van der Waals surface area contributed by atoms with Gasteiger partial charge in [0.05, 0.1) is 11.0 Å². The van der Waals surface area contributed by atoms with Gasteiger partial charge in [0.1, 0.15) is 0 Å². The molecule has 2 N–H and O–H groups in total. The molecule has 2 aliphatic rings. The van der Waals surface area contributed by atoms with E-state index in [9.17, 15) is 14.7 Å². The molecular weight excluding hydrogens is 274 g/mol. The Morgan fingerprint density at radius 3 is 2.65 bits per heavy atom. The number of aryl methyl sites for hydroxylation is 1. The van der Waals surface area contributed by atoms with Crippen LogP contribution in [-0.4, -0.2) is 23.5 Å². The van der Waals surface area contributed by atoms with E-state index in [4.69, 9.17) is 0 Å². The van der Waals surface area contributed by atoms with Crippen LogP contribution in [-0.2, 0) is 17.6 Å². The first-order valence-electron chi connectivity index (χ1n) is 7.23. The molecule has 108 valence electrons. The summed E-state index contributed by atoms with van der Waals surface area (Å²) in [5, 5.41) is 14.0. The van der Waals surface area contributed by atoms with Crippen LogP contribution in [0.3, 0.4) is 0 Å². The van der Waals surface area contributed by atoms with Crippen molar-refractivity contribution in [3.8, 4) is 0 Å². The molecule has 0 atom stereocenters. The summed E-state index contributed by atoms with van der Waals surface area (Å²) in [5.41, 5.74) is 1.24. The first-order chi connectivity index (χ1) is 9.62. The Hall–Kier alpha value is -1.36. The molecule has 4 nitrogen and oxygen atoms in total. The highest BCUT2D eigenvalue weighted by atomic mass is 32.1. The molecule has 0 bridgehead atoms. The number of aliphatic carboxylic acids is 1. The number of hydrogen-bond donors (Lipinski definition) is 2. The molecule has 20 heavy (non-hydrogen) atoms. The molecule has 1 aromatic heterocycles. The van der Waals surface area contributed by atoms with Gasteiger partial charge < -0.3 is 10.4 Å². The highest BCUT2D eigenvalue weighted by Crippen LogP contribution is 2.40. The zero-order chi connectivity index (χ0) is 14.2. The van der Waals surface area contributed by atoms with Crippen molar-refractivity contribution in [3.05, 3.63) is 21.4 Å². The Morgan fingerprint density at radius 2 is 2.00 bits per heavy atom. The maximum Gasteiger partial charge on any atom is 0.311 e. The summed E-state index contributed by atoms with van der Waals surface area (Å²) in [5.74, 6) is -0.881. The van der Waals surface area contributed by atoms with Crippen LogP contribution < -0.4 is 5.32 Å². The van der Waals surface area contributed by atoms with Crippen molar-refractivity contribution >= 4 is 23.2 Å². The maximum atomic E-state index is 12.3. The van der Waals surface area contributed by atoms with E-state index < -0.39 is 11.4 Å². The molecule has 0 radical (unpaired) electrons. The smallest absolute Gasteiger partial charge is 0.311 e. The fraction of sp³-hybridized carbons (Fsp3) is 0.600. The number of carbonyl (C=O) groups excluding carboxylic acids is 1. The van der Waals surface area contributed by atoms with Crippen LogP contribution in [0.25, 0.3) is 0 Å². The van der Waals surface area contributed by atoms with Crippen molar-refractivity contribution in [1.82, 2.24) is 5.32 Å². The molecule has 1 aromatic rings. The second-order valence-corrected chi connectivity index (χ2v) is 6.84. The number of carboxylic acid groups (broad SMARTS) is 1. The van der Waals surface area contributed by atoms with Gasteiger partial charge in [0, 0.05) is 16.8 Å². The Labute approximate surface area is 122 Å². The van der Waals surface area contributed by atoms with Crippen LogP contribution in [0.1, 0.15) is 52.9 Å². The molecule has 1 amide bonds. The van der Waals surface area contributed by atoms with E-state index >= 15 is 0 Å². The monoisotopic (exact) mass is 293 g/mol. The van der Waals surface area contributed by atoms with Gasteiger partial charge in [0.15, 0.2) is 0 Å². The fourth-order valence-corrected chi connectivity index (χ4v) is 4.22. The van der Waals surface area contributed by atoms with E-state index in [1.165, 1.54) is 16.9 Å². The molecular formula is C15H19NO3S. The van der Waals surface area contributed by atoms with Gasteiger partial charge in [0.25, 0.3) is 5.91 Å². The number of nitrogens with one attached hydrogen (secondary N) is 1. The first kappa shape index (κ1) is 13.6. The quantitative estimate of drug-likeness (QED) is 0.896. The third-order valence-electron chi connectivity index (χ3n) is 4.66. The number of hydrogen-bond acceptors (Lipinski definition) is 3. The highest BCUT2D eigenvalue weighted by molar-refractivity contribution is 7.10. The van der Waals surface area contributed by atoms with Gasteiger partial charge in [0.2, 0.25) is 0 Å². The first-order valence-corrected chi connectivity index (χ1v) is 8.11. The van der Waals surface area contributed by atoms with Gasteiger partial charge >= 0.3 is 5.97 Å². The predicted octanol–water partition coefficient (Wildman–Crippen LogP) is 2.61. The number of carboxylic acids is 1. The van der Waals surface area contributed by atoms with Gasteiger partial charge in [-0.2, -0.15) is 0 Å². The molecule has 2 aliphatic carbocycles. The summed E-state index contributed by atoms with van der Waals surface area (Å²) in [6.45, 7) is 0.256. The number of fused-ring (bicyclic) bond motifs is 1. The van der Waals surface area contributed by atoms with Crippen molar-refractivity contribution in [2.45, 2.75) is 44.9 Å². The van der Waals surface area contributed by atoms with Crippen molar-refractivity contribution in [1.29, 1.82) is 0 Å². The van der Waals surface area contributed by atoms with Gasteiger partial charge in [-0.15, -0.1) is 11.3 Å². The fourth-order valence-electron chi connectivity index (χ4n) is 3.10. The lowest BCUT2D eigenvalue weighted by molar-refractivity contribution is -0.153. The zero-order valence-corrected chi connectivity index (χ0v) is 12.2. The van der Waals surface area contributed by atoms with E-state index in [1.807, 2.05) is 5.38 Å². The van der Waals surface area contributed by atoms with Crippen LogP contribution in [0.4, 0.5) is 0 Å². The van der Waals surface area contributed by atoms with Crippen LogP contribution in [0.15, 0.2) is 5.38 Å². The average Bonchev–Trinajstić information content (AvgIpc) is 2.80. The normalized spacial score (nSPS) is 19.8. The molecule has 0 saturated heterocycles. The van der Waals surface area contributed by atoms with Crippen molar-refractivity contribution in [2.24, 2.45) is 5.41 Å². The zero-order valence-electron chi connectivity index (χ0n) is 11.4. The summed E-state index contributed by atoms with van der Waals surface area (Å²) < 4.78 is 0. The number of thiophene rings is 1. The molecule has 1 fully saturated rings. The van der Waals surface area contributed by atoms with Gasteiger partial charge in [-0.25, -0.2) is 0 Å². The summed E-state index contributed by atoms with van der Waals surface area (Å²) in [7, 11) is 0. The van der Waals surface area contributed by atoms with E-state index in [0.29, 0.717) is 12.8 Å². The Balaban J connectivity index is 1.68. The summed E-state index contributed by atoms with van der Waals surface area (Å²) in [6.07, 6.45) is 6.68. The second-order valence-electron chi connectivity index (χ2n) is 5.88. The minimum absolute atomic E-state index is 0.100. The second kappa shape index (κ2) is 5.20. The minimum Gasteiger partial charge on any atom is -0.481 e. The van der Waals surface area contributed by atoms with Crippen LogP contribution in [0.2, 0.25) is 0 Å². The van der Waals surface area contributed by atoms with Crippen LogP contribution in [0.5, 0.6) is 0 Å². The molecule has 3 rings (SSSR count).